The summed E-state index contributed by atoms with van der Waals surface area (Å²) >= 11 is 0. The second-order valence-electron chi connectivity index (χ2n) is 3.42. The van der Waals surface area contributed by atoms with Crippen molar-refractivity contribution in [2.75, 3.05) is 20.2 Å². The predicted molar refractivity (Wildman–Crippen MR) is 40.0 cm³/mol. The molecule has 2 fully saturated rings. The largest absolute Gasteiger partial charge is 0.371 e. The first-order valence-electron chi connectivity index (χ1n) is 4.20. The van der Waals surface area contributed by atoms with E-state index in [9.17, 15) is 0 Å². The van der Waals surface area contributed by atoms with Crippen LogP contribution in [0.3, 0.4) is 0 Å². The number of piperidine rings is 1. The monoisotopic (exact) mass is 141 g/mol. The molecule has 0 radical (unpaired) electrons. The van der Waals surface area contributed by atoms with E-state index in [1.54, 1.807) is 0 Å². The van der Waals surface area contributed by atoms with Crippen LogP contribution >= 0.6 is 0 Å². The van der Waals surface area contributed by atoms with Crippen LogP contribution in [-0.4, -0.2) is 37.2 Å². The molecular weight excluding hydrogens is 126 g/mol. The molecule has 2 atom stereocenters. The Balaban J connectivity index is 1.90. The Morgan fingerprint density at radius 3 is 2.80 bits per heavy atom. The van der Waals surface area contributed by atoms with Gasteiger partial charge in [0.2, 0.25) is 0 Å². The van der Waals surface area contributed by atoms with E-state index < -0.39 is 0 Å². The van der Waals surface area contributed by atoms with Crippen LogP contribution < -0.4 is 0 Å². The molecule has 0 spiro atoms. The second kappa shape index (κ2) is 2.51. The first-order valence-corrected chi connectivity index (χ1v) is 4.20. The van der Waals surface area contributed by atoms with Crippen LogP contribution in [0.25, 0.3) is 0 Å². The zero-order valence-corrected chi connectivity index (χ0v) is 6.55. The molecule has 1 unspecified atom stereocenters. The molecule has 0 amide bonds. The van der Waals surface area contributed by atoms with Crippen LogP contribution in [0.4, 0.5) is 0 Å². The lowest BCUT2D eigenvalue weighted by Gasteiger charge is -2.31. The van der Waals surface area contributed by atoms with E-state index in [-0.39, 0.29) is 0 Å². The van der Waals surface area contributed by atoms with E-state index in [0.717, 1.165) is 12.6 Å². The third-order valence-corrected chi connectivity index (χ3v) is 2.62. The Labute approximate surface area is 62.2 Å². The number of hydrogen-bond donors (Lipinski definition) is 0. The molecule has 0 N–H and O–H groups in total. The van der Waals surface area contributed by atoms with Crippen molar-refractivity contribution in [1.29, 1.82) is 0 Å². The maximum atomic E-state index is 5.28. The van der Waals surface area contributed by atoms with Crippen LogP contribution in [-0.2, 0) is 4.74 Å². The fourth-order valence-corrected chi connectivity index (χ4v) is 1.85. The average Bonchev–Trinajstić information content (AvgIpc) is 2.71. The standard InChI is InChI=1S/C8H15NO/c1-9-5-3-2-4-7(9)8-6-10-8/h7-8H,2-6H2,1H3/t7?,8-/m1/s1. The molecule has 58 valence electrons. The van der Waals surface area contributed by atoms with Crippen LogP contribution in [0.5, 0.6) is 0 Å². The highest BCUT2D eigenvalue weighted by Gasteiger charge is 2.36. The molecule has 0 bridgehead atoms. The summed E-state index contributed by atoms with van der Waals surface area (Å²) in [5.74, 6) is 0. The van der Waals surface area contributed by atoms with Gasteiger partial charge in [-0.05, 0) is 26.4 Å². The fourth-order valence-electron chi connectivity index (χ4n) is 1.85. The molecule has 2 aliphatic rings. The lowest BCUT2D eigenvalue weighted by Crippen LogP contribution is -2.39. The van der Waals surface area contributed by atoms with E-state index >= 15 is 0 Å². The van der Waals surface area contributed by atoms with Gasteiger partial charge in [0.25, 0.3) is 0 Å². The van der Waals surface area contributed by atoms with E-state index in [0.29, 0.717) is 6.10 Å². The van der Waals surface area contributed by atoms with E-state index in [2.05, 4.69) is 11.9 Å². The van der Waals surface area contributed by atoms with Crippen molar-refractivity contribution < 1.29 is 4.74 Å². The van der Waals surface area contributed by atoms with Gasteiger partial charge in [-0.1, -0.05) is 6.42 Å². The Morgan fingerprint density at radius 1 is 1.40 bits per heavy atom. The molecule has 2 heterocycles. The Kier molecular flexibility index (Phi) is 1.66. The number of rotatable bonds is 1. The third kappa shape index (κ3) is 1.18. The maximum absolute atomic E-state index is 5.28. The SMILES string of the molecule is CN1CCCCC1[C@H]1CO1. The van der Waals surface area contributed by atoms with Crippen LogP contribution in [0.1, 0.15) is 19.3 Å². The van der Waals surface area contributed by atoms with Crippen molar-refractivity contribution in [3.8, 4) is 0 Å². The molecule has 2 heteroatoms. The minimum absolute atomic E-state index is 0.588. The van der Waals surface area contributed by atoms with Crippen LogP contribution in [0.2, 0.25) is 0 Å². The molecule has 0 aromatic carbocycles. The number of hydrogen-bond acceptors (Lipinski definition) is 2. The van der Waals surface area contributed by atoms with Crippen molar-refractivity contribution >= 4 is 0 Å². The summed E-state index contributed by atoms with van der Waals surface area (Å²) < 4.78 is 5.28. The van der Waals surface area contributed by atoms with Crippen molar-refractivity contribution in [3.63, 3.8) is 0 Å². The van der Waals surface area contributed by atoms with Crippen LogP contribution in [0, 0.1) is 0 Å². The summed E-state index contributed by atoms with van der Waals surface area (Å²) in [7, 11) is 2.21. The molecular formula is C8H15NO. The quantitative estimate of drug-likeness (QED) is 0.504. The molecule has 0 aromatic rings. The van der Waals surface area contributed by atoms with Gasteiger partial charge >= 0.3 is 0 Å². The summed E-state index contributed by atoms with van der Waals surface area (Å²) in [4.78, 5) is 2.45. The minimum atomic E-state index is 0.588. The van der Waals surface area contributed by atoms with Crippen LogP contribution in [0.15, 0.2) is 0 Å². The number of likely N-dealkylation sites (tertiary alicyclic amines) is 1. The van der Waals surface area contributed by atoms with E-state index in [1.807, 2.05) is 0 Å². The summed E-state index contributed by atoms with van der Waals surface area (Å²) in [6.45, 7) is 2.28. The molecule has 2 rings (SSSR count). The highest BCUT2D eigenvalue weighted by molar-refractivity contribution is 4.87. The third-order valence-electron chi connectivity index (χ3n) is 2.62. The van der Waals surface area contributed by atoms with Gasteiger partial charge in [0.15, 0.2) is 0 Å². The van der Waals surface area contributed by atoms with Crippen molar-refractivity contribution in [1.82, 2.24) is 4.90 Å². The summed E-state index contributed by atoms with van der Waals surface area (Å²) in [5.41, 5.74) is 0. The predicted octanol–water partition coefficient (Wildman–Crippen LogP) is 0.869. The summed E-state index contributed by atoms with van der Waals surface area (Å²) in [6, 6.07) is 0.744. The van der Waals surface area contributed by atoms with Gasteiger partial charge in [-0.25, -0.2) is 0 Å². The normalized spacial score (nSPS) is 41.7. The molecule has 2 aliphatic heterocycles. The topological polar surface area (TPSA) is 15.8 Å². The van der Waals surface area contributed by atoms with Gasteiger partial charge in [0, 0.05) is 6.04 Å². The average molecular weight is 141 g/mol. The first kappa shape index (κ1) is 6.62. The fraction of sp³-hybridized carbons (Fsp3) is 1.00. The van der Waals surface area contributed by atoms with E-state index in [1.165, 1.54) is 25.8 Å². The van der Waals surface area contributed by atoms with Crippen molar-refractivity contribution in [2.45, 2.75) is 31.4 Å². The Hall–Kier alpha value is -0.0800. The number of epoxide rings is 1. The molecule has 10 heavy (non-hydrogen) atoms. The van der Waals surface area contributed by atoms with Gasteiger partial charge in [-0.15, -0.1) is 0 Å². The van der Waals surface area contributed by atoms with Gasteiger partial charge < -0.3 is 9.64 Å². The maximum Gasteiger partial charge on any atom is 0.0964 e. The molecule has 0 aliphatic carbocycles. The minimum Gasteiger partial charge on any atom is -0.371 e. The Bertz CT molecular complexity index is 122. The van der Waals surface area contributed by atoms with Gasteiger partial charge in [0.1, 0.15) is 0 Å². The molecule has 0 aromatic heterocycles. The number of likely N-dealkylation sites (N-methyl/N-ethyl adjacent to an activating group) is 1. The van der Waals surface area contributed by atoms with Gasteiger partial charge in [-0.2, -0.15) is 0 Å². The van der Waals surface area contributed by atoms with Crippen molar-refractivity contribution in [2.24, 2.45) is 0 Å². The number of ether oxygens (including phenoxy) is 1. The van der Waals surface area contributed by atoms with Gasteiger partial charge in [0.05, 0.1) is 12.7 Å². The lowest BCUT2D eigenvalue weighted by atomic mass is 10.0. The molecule has 2 saturated heterocycles. The summed E-state index contributed by atoms with van der Waals surface area (Å²) in [6.07, 6.45) is 4.71. The highest BCUT2D eigenvalue weighted by atomic mass is 16.6. The molecule has 2 nitrogen and oxygen atoms in total. The second-order valence-corrected chi connectivity index (χ2v) is 3.42. The zero-order valence-electron chi connectivity index (χ0n) is 6.55. The van der Waals surface area contributed by atoms with Crippen molar-refractivity contribution in [3.05, 3.63) is 0 Å². The van der Waals surface area contributed by atoms with Gasteiger partial charge in [-0.3, -0.25) is 0 Å². The van der Waals surface area contributed by atoms with E-state index in [4.69, 9.17) is 4.74 Å². The lowest BCUT2D eigenvalue weighted by molar-refractivity contribution is 0.151. The summed E-state index contributed by atoms with van der Waals surface area (Å²) in [5, 5.41) is 0. The zero-order chi connectivity index (χ0) is 6.97. The first-order chi connectivity index (χ1) is 4.88. The number of nitrogens with zero attached hydrogens (tertiary/aromatic N) is 1. The Morgan fingerprint density at radius 2 is 2.20 bits per heavy atom. The smallest absolute Gasteiger partial charge is 0.0964 e. The molecule has 0 saturated carbocycles. The highest BCUT2D eigenvalue weighted by Crippen LogP contribution is 2.25.